The highest BCUT2D eigenvalue weighted by atomic mass is 19.1. The van der Waals surface area contributed by atoms with E-state index in [2.05, 4.69) is 0 Å². The Labute approximate surface area is 112 Å². The van der Waals surface area contributed by atoms with Gasteiger partial charge in [-0.1, -0.05) is 6.07 Å². The highest BCUT2D eigenvalue weighted by molar-refractivity contribution is 6.58. The Morgan fingerprint density at radius 3 is 1.74 bits per heavy atom. The Kier molecular flexibility index (Phi) is 5.96. The lowest BCUT2D eigenvalue weighted by atomic mass is 9.80. The van der Waals surface area contributed by atoms with E-state index in [-0.39, 0.29) is 11.2 Å². The minimum absolute atomic E-state index is 0.0874. The van der Waals surface area contributed by atoms with Crippen LogP contribution in [-0.4, -0.2) is 38.6 Å². The Hall–Kier alpha value is -1.15. The zero-order chi connectivity index (χ0) is 15.4. The number of aliphatic hydroxyl groups is 2. The molecule has 0 aliphatic rings. The molecule has 5 nitrogen and oxygen atoms in total. The molecule has 1 aromatic rings. The monoisotopic (exact) mass is 273 g/mol. The molecule has 0 saturated heterocycles. The molecule has 0 fully saturated rings. The van der Waals surface area contributed by atoms with Crippen molar-refractivity contribution < 1.29 is 24.7 Å². The molecule has 0 spiro atoms. The van der Waals surface area contributed by atoms with Crippen LogP contribution < -0.4 is 11.2 Å². The molecule has 0 saturated carbocycles. The molecule has 0 aliphatic heterocycles. The van der Waals surface area contributed by atoms with Crippen LogP contribution >= 0.6 is 0 Å². The van der Waals surface area contributed by atoms with Crippen LogP contribution in [0, 0.1) is 5.82 Å². The maximum Gasteiger partial charge on any atom is 0.488 e. The smallest absolute Gasteiger partial charge is 0.423 e. The summed E-state index contributed by atoms with van der Waals surface area (Å²) in [5.41, 5.74) is 3.24. The first-order valence-electron chi connectivity index (χ1n) is 5.72. The van der Waals surface area contributed by atoms with E-state index in [9.17, 15) is 4.39 Å². The van der Waals surface area contributed by atoms with E-state index in [0.717, 1.165) is 6.07 Å². The van der Waals surface area contributed by atoms with Crippen molar-refractivity contribution >= 4 is 18.3 Å². The minimum atomic E-state index is -1.60. The largest absolute Gasteiger partial charge is 0.488 e. The summed E-state index contributed by atoms with van der Waals surface area (Å²) in [6.45, 7) is 6.31. The highest BCUT2D eigenvalue weighted by Gasteiger charge is 2.31. The Morgan fingerprint density at radius 1 is 1.05 bits per heavy atom. The molecule has 1 rings (SSSR count). The predicted octanol–water partition coefficient (Wildman–Crippen LogP) is -0.384. The molecular weight excluding hydrogens is 252 g/mol. The lowest BCUT2D eigenvalue weighted by molar-refractivity contribution is -0.107. The number of hydrogen-bond donors (Lipinski definition) is 5. The zero-order valence-electron chi connectivity index (χ0n) is 11.6. The molecular formula is C12H21BFNO4. The summed E-state index contributed by atoms with van der Waals surface area (Å²) in [6.07, 6.45) is 0. The van der Waals surface area contributed by atoms with Crippen molar-refractivity contribution in [2.24, 2.45) is 0 Å². The maximum absolute atomic E-state index is 12.5. The molecule has 0 atom stereocenters. The molecule has 0 unspecified atom stereocenters. The van der Waals surface area contributed by atoms with Gasteiger partial charge in [0.05, 0.1) is 16.9 Å². The van der Waals surface area contributed by atoms with Crippen LogP contribution in [0.25, 0.3) is 0 Å². The number of rotatable bonds is 2. The van der Waals surface area contributed by atoms with Gasteiger partial charge in [-0.05, 0) is 45.3 Å². The van der Waals surface area contributed by atoms with Gasteiger partial charge in [0.25, 0.3) is 0 Å². The quantitative estimate of drug-likeness (QED) is 0.373. The van der Waals surface area contributed by atoms with E-state index >= 15 is 0 Å². The second-order valence-corrected chi connectivity index (χ2v) is 5.27. The van der Waals surface area contributed by atoms with Gasteiger partial charge < -0.3 is 26.0 Å². The van der Waals surface area contributed by atoms with E-state index < -0.39 is 24.1 Å². The molecule has 6 N–H and O–H groups in total. The van der Waals surface area contributed by atoms with E-state index in [4.69, 9.17) is 26.0 Å². The van der Waals surface area contributed by atoms with Crippen molar-refractivity contribution in [1.82, 2.24) is 0 Å². The summed E-state index contributed by atoms with van der Waals surface area (Å²) in [5.74, 6) is -0.561. The van der Waals surface area contributed by atoms with Gasteiger partial charge in [-0.25, -0.2) is 4.39 Å². The number of nitrogen functional groups attached to an aromatic ring is 1. The van der Waals surface area contributed by atoms with Crippen LogP contribution in [0.5, 0.6) is 0 Å². The molecule has 1 aromatic carbocycles. The van der Waals surface area contributed by atoms with E-state index in [1.165, 1.54) is 12.1 Å². The lowest BCUT2D eigenvalue weighted by Gasteiger charge is -2.31. The third-order valence-electron chi connectivity index (χ3n) is 2.82. The fraction of sp³-hybridized carbons (Fsp3) is 0.500. The summed E-state index contributed by atoms with van der Waals surface area (Å²) in [7, 11) is -1.60. The minimum Gasteiger partial charge on any atom is -0.423 e. The summed E-state index contributed by atoms with van der Waals surface area (Å²) in [4.78, 5) is 0. The van der Waals surface area contributed by atoms with Crippen LogP contribution in [0.2, 0.25) is 0 Å². The van der Waals surface area contributed by atoms with Crippen LogP contribution in [0.1, 0.15) is 27.7 Å². The highest BCUT2D eigenvalue weighted by Crippen LogP contribution is 2.19. The van der Waals surface area contributed by atoms with Gasteiger partial charge in [0.2, 0.25) is 0 Å². The number of nitrogens with two attached hydrogens (primary N) is 1. The first kappa shape index (κ1) is 17.9. The molecule has 0 heterocycles. The average molecular weight is 273 g/mol. The second kappa shape index (κ2) is 6.34. The number of benzene rings is 1. The zero-order valence-corrected chi connectivity index (χ0v) is 11.6. The topological polar surface area (TPSA) is 107 Å². The Bertz CT molecular complexity index is 401. The molecule has 0 bridgehead atoms. The van der Waals surface area contributed by atoms with Gasteiger partial charge in [-0.15, -0.1) is 0 Å². The van der Waals surface area contributed by atoms with Crippen LogP contribution in [0.4, 0.5) is 10.1 Å². The van der Waals surface area contributed by atoms with Crippen LogP contribution in [-0.2, 0) is 0 Å². The summed E-state index contributed by atoms with van der Waals surface area (Å²) in [6, 6.07) is 3.53. The molecule has 0 aliphatic carbocycles. The first-order chi connectivity index (χ1) is 8.36. The Balaban J connectivity index is 0.000000362. The molecule has 0 radical (unpaired) electrons. The number of anilines is 1. The van der Waals surface area contributed by atoms with Crippen molar-refractivity contribution in [3.8, 4) is 0 Å². The normalized spacial score (nSPS) is 11.6. The van der Waals surface area contributed by atoms with Crippen molar-refractivity contribution in [2.75, 3.05) is 5.73 Å². The van der Waals surface area contributed by atoms with Gasteiger partial charge >= 0.3 is 7.12 Å². The summed E-state index contributed by atoms with van der Waals surface area (Å²) in [5, 5.41) is 35.4. The van der Waals surface area contributed by atoms with Gasteiger partial charge in [0.1, 0.15) is 5.82 Å². The molecule has 0 amide bonds. The first-order valence-corrected chi connectivity index (χ1v) is 5.72. The van der Waals surface area contributed by atoms with Crippen LogP contribution in [0.3, 0.4) is 0 Å². The fourth-order valence-corrected chi connectivity index (χ4v) is 0.723. The summed E-state index contributed by atoms with van der Waals surface area (Å²) < 4.78 is 12.5. The number of hydrogen-bond acceptors (Lipinski definition) is 5. The van der Waals surface area contributed by atoms with E-state index in [1.807, 2.05) is 0 Å². The van der Waals surface area contributed by atoms with Crippen LogP contribution in [0.15, 0.2) is 18.2 Å². The third kappa shape index (κ3) is 6.02. The van der Waals surface area contributed by atoms with Crippen molar-refractivity contribution in [1.29, 1.82) is 0 Å². The standard InChI is InChI=1S/C6H7BFNO2.C6H14O2/c8-5-2-1-4(7(10)11)3-6(5)9;1-5(2,7)6(3,4)8/h1-3,10-11H,9H2;7-8H,1-4H3. The molecule has 0 aromatic heterocycles. The molecule has 19 heavy (non-hydrogen) atoms. The SMILES string of the molecule is CC(C)(O)C(C)(C)O.Nc1cc(B(O)O)ccc1F. The third-order valence-corrected chi connectivity index (χ3v) is 2.82. The average Bonchev–Trinajstić information content (AvgIpc) is 2.19. The van der Waals surface area contributed by atoms with E-state index in [1.54, 1.807) is 27.7 Å². The van der Waals surface area contributed by atoms with Gasteiger partial charge in [-0.2, -0.15) is 0 Å². The molecule has 108 valence electrons. The second-order valence-electron chi connectivity index (χ2n) is 5.27. The van der Waals surface area contributed by atoms with Crippen molar-refractivity contribution in [3.05, 3.63) is 24.0 Å². The Morgan fingerprint density at radius 2 is 1.47 bits per heavy atom. The van der Waals surface area contributed by atoms with Gasteiger partial charge in [0.15, 0.2) is 0 Å². The van der Waals surface area contributed by atoms with Crippen molar-refractivity contribution in [3.63, 3.8) is 0 Å². The van der Waals surface area contributed by atoms with Gasteiger partial charge in [-0.3, -0.25) is 0 Å². The van der Waals surface area contributed by atoms with Crippen molar-refractivity contribution in [2.45, 2.75) is 38.9 Å². The maximum atomic E-state index is 12.5. The molecule has 7 heteroatoms. The fourth-order valence-electron chi connectivity index (χ4n) is 0.723. The lowest BCUT2D eigenvalue weighted by Crippen LogP contribution is -2.44. The number of halogens is 1. The predicted molar refractivity (Wildman–Crippen MR) is 73.2 cm³/mol. The van der Waals surface area contributed by atoms with E-state index in [0.29, 0.717) is 0 Å². The summed E-state index contributed by atoms with van der Waals surface area (Å²) >= 11 is 0. The van der Waals surface area contributed by atoms with Gasteiger partial charge in [0, 0.05) is 0 Å².